The molecule has 0 aliphatic rings. The van der Waals surface area contributed by atoms with Crippen LogP contribution in [-0.2, 0) is 40.6 Å². The summed E-state index contributed by atoms with van der Waals surface area (Å²) in [7, 11) is 0. The number of aliphatic carboxylic acids is 3. The van der Waals surface area contributed by atoms with Crippen LogP contribution >= 0.6 is 0 Å². The Morgan fingerprint density at radius 3 is 0.862 bits per heavy atom. The molecule has 0 aromatic carbocycles. The molecule has 0 aliphatic heterocycles. The third-order valence-corrected chi connectivity index (χ3v) is 2.98. The van der Waals surface area contributed by atoms with E-state index in [9.17, 15) is 14.4 Å². The second-order valence-corrected chi connectivity index (χ2v) is 6.65. The van der Waals surface area contributed by atoms with E-state index in [1.807, 2.05) is 0 Å². The molecule has 0 saturated carbocycles. The van der Waals surface area contributed by atoms with Crippen LogP contribution in [0.2, 0.25) is 0 Å². The van der Waals surface area contributed by atoms with E-state index in [4.69, 9.17) is 20.4 Å². The molecule has 0 aliphatic carbocycles. The van der Waals surface area contributed by atoms with Gasteiger partial charge >= 0.3 is 17.9 Å². The van der Waals surface area contributed by atoms with E-state index in [0.717, 1.165) is 57.8 Å². The SMILES string of the molecule is CC(C)O.CCCCCC(=O)O.CCCCCC(=O)O.CCCCCC(=O)O.[Zr]. The van der Waals surface area contributed by atoms with Crippen LogP contribution in [0.25, 0.3) is 0 Å². The van der Waals surface area contributed by atoms with Crippen molar-refractivity contribution in [1.82, 2.24) is 0 Å². The van der Waals surface area contributed by atoms with Gasteiger partial charge in [-0.15, -0.1) is 0 Å². The normalized spacial score (nSPS) is 8.79. The fraction of sp³-hybridized carbons (Fsp3) is 0.857. The van der Waals surface area contributed by atoms with Gasteiger partial charge in [0.1, 0.15) is 0 Å². The summed E-state index contributed by atoms with van der Waals surface area (Å²) in [5.41, 5.74) is 0. The van der Waals surface area contributed by atoms with E-state index in [1.165, 1.54) is 0 Å². The Morgan fingerprint density at radius 1 is 0.586 bits per heavy atom. The molecule has 0 spiro atoms. The Balaban J connectivity index is -0.0000000896. The maximum atomic E-state index is 9.87. The van der Waals surface area contributed by atoms with E-state index in [0.29, 0.717) is 19.3 Å². The van der Waals surface area contributed by atoms with Gasteiger partial charge in [-0.05, 0) is 33.1 Å². The topological polar surface area (TPSA) is 132 Å². The van der Waals surface area contributed by atoms with Crippen molar-refractivity contribution in [2.75, 3.05) is 0 Å². The Kier molecular flexibility index (Phi) is 46.5. The first-order valence-corrected chi connectivity index (χ1v) is 10.4. The third-order valence-electron chi connectivity index (χ3n) is 2.98. The van der Waals surface area contributed by atoms with E-state index < -0.39 is 17.9 Å². The molecular formula is C21H44O7Zr. The Bertz CT molecular complexity index is 298. The first kappa shape index (κ1) is 38.8. The molecule has 4 N–H and O–H groups in total. The molecule has 29 heavy (non-hydrogen) atoms. The quantitative estimate of drug-likeness (QED) is 0.266. The molecule has 0 fully saturated rings. The summed E-state index contributed by atoms with van der Waals surface area (Å²) in [4.78, 5) is 29.6. The Morgan fingerprint density at radius 2 is 0.759 bits per heavy atom. The minimum atomic E-state index is -0.682. The van der Waals surface area contributed by atoms with Gasteiger partial charge in [-0.3, -0.25) is 14.4 Å². The van der Waals surface area contributed by atoms with Gasteiger partial charge in [-0.25, -0.2) is 0 Å². The number of carboxylic acid groups (broad SMARTS) is 3. The van der Waals surface area contributed by atoms with Crippen LogP contribution in [0.4, 0.5) is 0 Å². The van der Waals surface area contributed by atoms with Gasteiger partial charge < -0.3 is 20.4 Å². The van der Waals surface area contributed by atoms with Gasteiger partial charge in [0.25, 0.3) is 0 Å². The standard InChI is InChI=1S/3C6H12O2.C3H8O.Zr/c3*1-2-3-4-5-6(7)8;1-3(2)4;/h3*2-5H2,1H3,(H,7,8);3-4H,1-2H3;. The van der Waals surface area contributed by atoms with Crippen molar-refractivity contribution in [3.05, 3.63) is 0 Å². The molecule has 0 aromatic heterocycles. The summed E-state index contributed by atoms with van der Waals surface area (Å²) in [6.45, 7) is 9.62. The van der Waals surface area contributed by atoms with Crippen molar-refractivity contribution in [3.8, 4) is 0 Å². The first-order valence-electron chi connectivity index (χ1n) is 10.4. The zero-order chi connectivity index (χ0) is 22.8. The number of aliphatic hydroxyl groups excluding tert-OH is 1. The van der Waals surface area contributed by atoms with E-state index in [1.54, 1.807) is 13.8 Å². The van der Waals surface area contributed by atoms with Crippen LogP contribution in [0.5, 0.6) is 0 Å². The fourth-order valence-electron chi connectivity index (χ4n) is 1.58. The smallest absolute Gasteiger partial charge is 0.303 e. The largest absolute Gasteiger partial charge is 0.481 e. The molecule has 0 amide bonds. The Hall–Kier alpha value is -0.747. The summed E-state index contributed by atoms with van der Waals surface area (Å²) in [6, 6.07) is 0. The zero-order valence-electron chi connectivity index (χ0n) is 19.1. The maximum absolute atomic E-state index is 9.87. The van der Waals surface area contributed by atoms with E-state index in [2.05, 4.69) is 20.8 Å². The van der Waals surface area contributed by atoms with Crippen molar-refractivity contribution >= 4 is 17.9 Å². The van der Waals surface area contributed by atoms with Gasteiger partial charge in [0, 0.05) is 51.6 Å². The van der Waals surface area contributed by atoms with Crippen LogP contribution in [0.1, 0.15) is 112 Å². The van der Waals surface area contributed by atoms with Crippen molar-refractivity contribution in [2.24, 2.45) is 0 Å². The molecule has 0 atom stereocenters. The van der Waals surface area contributed by atoms with Crippen molar-refractivity contribution in [1.29, 1.82) is 0 Å². The predicted octanol–water partition coefficient (Wildman–Crippen LogP) is 5.34. The average molecular weight is 500 g/mol. The molecule has 0 aromatic rings. The summed E-state index contributed by atoms with van der Waals surface area (Å²) < 4.78 is 0. The Labute approximate surface area is 196 Å². The number of hydrogen-bond acceptors (Lipinski definition) is 4. The molecular weight excluding hydrogens is 455 g/mol. The molecule has 8 heteroatoms. The number of aliphatic hydroxyl groups is 1. The van der Waals surface area contributed by atoms with Crippen molar-refractivity contribution < 1.29 is 61.0 Å². The van der Waals surface area contributed by atoms with Crippen LogP contribution in [0.15, 0.2) is 0 Å². The fourth-order valence-corrected chi connectivity index (χ4v) is 1.58. The molecule has 7 nitrogen and oxygen atoms in total. The van der Waals surface area contributed by atoms with Gasteiger partial charge in [0.05, 0.1) is 0 Å². The first-order chi connectivity index (χ1) is 13.0. The summed E-state index contributed by atoms with van der Waals surface area (Å²) >= 11 is 0. The van der Waals surface area contributed by atoms with Gasteiger partial charge in [-0.2, -0.15) is 0 Å². The van der Waals surface area contributed by atoms with Crippen LogP contribution < -0.4 is 0 Å². The average Bonchev–Trinajstić information content (AvgIpc) is 2.55. The number of hydrogen-bond donors (Lipinski definition) is 4. The van der Waals surface area contributed by atoms with Gasteiger partial charge in [0.15, 0.2) is 0 Å². The number of rotatable bonds is 12. The molecule has 0 unspecified atom stereocenters. The molecule has 0 rings (SSSR count). The predicted molar refractivity (Wildman–Crippen MR) is 113 cm³/mol. The summed E-state index contributed by atoms with van der Waals surface area (Å²) in [5.74, 6) is -2.05. The van der Waals surface area contributed by atoms with Gasteiger partial charge in [-0.1, -0.05) is 59.3 Å². The minimum absolute atomic E-state index is 0. The number of carboxylic acids is 3. The zero-order valence-corrected chi connectivity index (χ0v) is 21.5. The van der Waals surface area contributed by atoms with Crippen LogP contribution in [-0.4, -0.2) is 44.4 Å². The molecule has 0 radical (unpaired) electrons. The van der Waals surface area contributed by atoms with Gasteiger partial charge in [0.2, 0.25) is 0 Å². The monoisotopic (exact) mass is 498 g/mol. The third kappa shape index (κ3) is 85.6. The van der Waals surface area contributed by atoms with Crippen molar-refractivity contribution in [3.63, 3.8) is 0 Å². The molecule has 0 bridgehead atoms. The minimum Gasteiger partial charge on any atom is -0.481 e. The molecule has 0 saturated heterocycles. The summed E-state index contributed by atoms with van der Waals surface area (Å²) in [5, 5.41) is 32.5. The second-order valence-electron chi connectivity index (χ2n) is 6.65. The molecule has 174 valence electrons. The second kappa shape index (κ2) is 34.7. The summed E-state index contributed by atoms with van der Waals surface area (Å²) in [6.07, 6.45) is 9.66. The van der Waals surface area contributed by atoms with E-state index >= 15 is 0 Å². The van der Waals surface area contributed by atoms with Crippen LogP contribution in [0.3, 0.4) is 0 Å². The maximum Gasteiger partial charge on any atom is 0.303 e. The number of unbranched alkanes of at least 4 members (excludes halogenated alkanes) is 6. The van der Waals surface area contributed by atoms with Crippen LogP contribution in [0, 0.1) is 0 Å². The van der Waals surface area contributed by atoms with Crippen molar-refractivity contribution in [2.45, 2.75) is 118 Å². The van der Waals surface area contributed by atoms with E-state index in [-0.39, 0.29) is 32.3 Å². The molecule has 0 heterocycles. The number of carbonyl (C=O) groups is 3.